The second-order valence-corrected chi connectivity index (χ2v) is 5.56. The summed E-state index contributed by atoms with van der Waals surface area (Å²) in [5.74, 6) is 1.31. The van der Waals surface area contributed by atoms with E-state index in [4.69, 9.17) is 10.5 Å². The molecule has 2 N–H and O–H groups in total. The summed E-state index contributed by atoms with van der Waals surface area (Å²) in [6.45, 7) is 4.72. The molecule has 2 aliphatic rings. The molecular formula is C13H24N2O2. The van der Waals surface area contributed by atoms with Gasteiger partial charge in [-0.15, -0.1) is 0 Å². The maximum atomic E-state index is 11.9. The Kier molecular flexibility index (Phi) is 4.40. The fourth-order valence-corrected chi connectivity index (χ4v) is 2.35. The zero-order valence-corrected chi connectivity index (χ0v) is 10.7. The fourth-order valence-electron chi connectivity index (χ4n) is 2.35. The molecule has 1 aliphatic heterocycles. The topological polar surface area (TPSA) is 55.6 Å². The molecule has 1 saturated carbocycles. The van der Waals surface area contributed by atoms with E-state index in [2.05, 4.69) is 0 Å². The highest BCUT2D eigenvalue weighted by molar-refractivity contribution is 5.77. The number of nitrogens with zero attached hydrogens (tertiary/aromatic N) is 1. The molecule has 17 heavy (non-hydrogen) atoms. The summed E-state index contributed by atoms with van der Waals surface area (Å²) in [5, 5.41) is 0. The van der Waals surface area contributed by atoms with Crippen LogP contribution in [0.2, 0.25) is 0 Å². The molecule has 0 radical (unpaired) electrons. The van der Waals surface area contributed by atoms with Crippen molar-refractivity contribution < 1.29 is 9.53 Å². The highest BCUT2D eigenvalue weighted by Crippen LogP contribution is 2.28. The van der Waals surface area contributed by atoms with Crippen LogP contribution in [-0.2, 0) is 9.53 Å². The third kappa shape index (κ3) is 3.96. The van der Waals surface area contributed by atoms with Gasteiger partial charge < -0.3 is 15.4 Å². The Balaban J connectivity index is 1.69. The zero-order valence-electron chi connectivity index (χ0n) is 10.7. The first-order valence-electron chi connectivity index (χ1n) is 6.78. The standard InChI is InChI=1S/C13H24N2O2/c1-10(14)12-3-2-6-15(7-12)13(16)9-17-8-11-4-5-11/h10-12H,2-9,14H2,1H3/t10-,12-/m0/s1. The van der Waals surface area contributed by atoms with Crippen molar-refractivity contribution in [2.45, 2.75) is 38.6 Å². The van der Waals surface area contributed by atoms with Gasteiger partial charge in [0.1, 0.15) is 6.61 Å². The van der Waals surface area contributed by atoms with E-state index in [-0.39, 0.29) is 18.6 Å². The molecule has 0 aromatic carbocycles. The minimum Gasteiger partial charge on any atom is -0.371 e. The third-order valence-corrected chi connectivity index (χ3v) is 3.83. The first kappa shape index (κ1) is 12.8. The van der Waals surface area contributed by atoms with E-state index in [9.17, 15) is 4.79 Å². The van der Waals surface area contributed by atoms with Gasteiger partial charge in [-0.25, -0.2) is 0 Å². The number of nitrogens with two attached hydrogens (primary N) is 1. The number of carbonyl (C=O) groups excluding carboxylic acids is 1. The van der Waals surface area contributed by atoms with E-state index in [0.29, 0.717) is 5.92 Å². The van der Waals surface area contributed by atoms with Crippen LogP contribution in [-0.4, -0.2) is 43.2 Å². The Bertz CT molecular complexity index is 264. The predicted molar refractivity (Wildman–Crippen MR) is 66.5 cm³/mol. The quantitative estimate of drug-likeness (QED) is 0.780. The number of piperidine rings is 1. The molecule has 0 spiro atoms. The van der Waals surface area contributed by atoms with Crippen LogP contribution < -0.4 is 5.73 Å². The van der Waals surface area contributed by atoms with E-state index in [0.717, 1.165) is 38.5 Å². The van der Waals surface area contributed by atoms with Crippen LogP contribution in [0.25, 0.3) is 0 Å². The highest BCUT2D eigenvalue weighted by atomic mass is 16.5. The van der Waals surface area contributed by atoms with E-state index in [1.807, 2.05) is 11.8 Å². The Labute approximate surface area is 103 Å². The van der Waals surface area contributed by atoms with Gasteiger partial charge in [0.2, 0.25) is 5.91 Å². The number of amides is 1. The van der Waals surface area contributed by atoms with Gasteiger partial charge in [0.25, 0.3) is 0 Å². The van der Waals surface area contributed by atoms with Crippen molar-refractivity contribution in [3.05, 3.63) is 0 Å². The number of rotatable bonds is 5. The van der Waals surface area contributed by atoms with Crippen LogP contribution in [0.15, 0.2) is 0 Å². The van der Waals surface area contributed by atoms with Gasteiger partial charge in [0, 0.05) is 19.1 Å². The molecule has 2 atom stereocenters. The Morgan fingerprint density at radius 3 is 2.88 bits per heavy atom. The lowest BCUT2D eigenvalue weighted by Crippen LogP contribution is -2.46. The van der Waals surface area contributed by atoms with E-state index >= 15 is 0 Å². The normalized spacial score (nSPS) is 26.9. The van der Waals surface area contributed by atoms with Crippen LogP contribution in [0.4, 0.5) is 0 Å². The van der Waals surface area contributed by atoms with Crippen LogP contribution in [0.3, 0.4) is 0 Å². The third-order valence-electron chi connectivity index (χ3n) is 3.83. The van der Waals surface area contributed by atoms with Crippen molar-refractivity contribution in [2.24, 2.45) is 17.6 Å². The maximum Gasteiger partial charge on any atom is 0.248 e. The number of carbonyl (C=O) groups is 1. The average Bonchev–Trinajstić information content (AvgIpc) is 3.13. The Morgan fingerprint density at radius 1 is 1.47 bits per heavy atom. The van der Waals surface area contributed by atoms with Gasteiger partial charge in [-0.2, -0.15) is 0 Å². The van der Waals surface area contributed by atoms with Crippen LogP contribution >= 0.6 is 0 Å². The molecule has 0 aromatic heterocycles. The number of hydrogen-bond donors (Lipinski definition) is 1. The fraction of sp³-hybridized carbons (Fsp3) is 0.923. The molecule has 98 valence electrons. The molecule has 2 rings (SSSR count). The van der Waals surface area contributed by atoms with Gasteiger partial charge in [0.15, 0.2) is 0 Å². The summed E-state index contributed by atoms with van der Waals surface area (Å²) in [6, 6.07) is 0.179. The van der Waals surface area contributed by atoms with Gasteiger partial charge in [-0.1, -0.05) is 0 Å². The summed E-state index contributed by atoms with van der Waals surface area (Å²) in [7, 11) is 0. The van der Waals surface area contributed by atoms with E-state index in [1.54, 1.807) is 0 Å². The molecular weight excluding hydrogens is 216 g/mol. The molecule has 1 saturated heterocycles. The lowest BCUT2D eigenvalue weighted by molar-refractivity contribution is -0.138. The molecule has 2 fully saturated rings. The lowest BCUT2D eigenvalue weighted by atomic mass is 9.92. The van der Waals surface area contributed by atoms with Crippen molar-refractivity contribution in [1.29, 1.82) is 0 Å². The first-order valence-corrected chi connectivity index (χ1v) is 6.78. The second kappa shape index (κ2) is 5.83. The van der Waals surface area contributed by atoms with Gasteiger partial charge in [-0.05, 0) is 44.4 Å². The molecule has 1 aliphatic carbocycles. The number of likely N-dealkylation sites (tertiary alicyclic amines) is 1. The molecule has 1 amide bonds. The van der Waals surface area contributed by atoms with E-state index in [1.165, 1.54) is 12.8 Å². The summed E-state index contributed by atoms with van der Waals surface area (Å²) in [6.07, 6.45) is 4.75. The van der Waals surface area contributed by atoms with Crippen molar-refractivity contribution >= 4 is 5.91 Å². The van der Waals surface area contributed by atoms with Crippen molar-refractivity contribution in [2.75, 3.05) is 26.3 Å². The molecule has 0 aromatic rings. The Morgan fingerprint density at radius 2 is 2.24 bits per heavy atom. The molecule has 4 heteroatoms. The summed E-state index contributed by atoms with van der Waals surface area (Å²) in [4.78, 5) is 13.8. The molecule has 4 nitrogen and oxygen atoms in total. The molecule has 1 heterocycles. The van der Waals surface area contributed by atoms with Crippen LogP contribution in [0, 0.1) is 11.8 Å². The summed E-state index contributed by atoms with van der Waals surface area (Å²) in [5.41, 5.74) is 5.91. The summed E-state index contributed by atoms with van der Waals surface area (Å²) >= 11 is 0. The largest absolute Gasteiger partial charge is 0.371 e. The number of hydrogen-bond acceptors (Lipinski definition) is 3. The highest BCUT2D eigenvalue weighted by Gasteiger charge is 2.26. The first-order chi connectivity index (χ1) is 8.16. The van der Waals surface area contributed by atoms with Crippen LogP contribution in [0.1, 0.15) is 32.6 Å². The van der Waals surface area contributed by atoms with Crippen molar-refractivity contribution in [1.82, 2.24) is 4.90 Å². The minimum atomic E-state index is 0.135. The van der Waals surface area contributed by atoms with Gasteiger partial charge in [0.05, 0.1) is 6.61 Å². The monoisotopic (exact) mass is 240 g/mol. The summed E-state index contributed by atoms with van der Waals surface area (Å²) < 4.78 is 5.45. The van der Waals surface area contributed by atoms with Crippen molar-refractivity contribution in [3.63, 3.8) is 0 Å². The zero-order chi connectivity index (χ0) is 12.3. The second-order valence-electron chi connectivity index (χ2n) is 5.56. The van der Waals surface area contributed by atoms with Gasteiger partial charge >= 0.3 is 0 Å². The smallest absolute Gasteiger partial charge is 0.248 e. The van der Waals surface area contributed by atoms with E-state index < -0.39 is 0 Å². The predicted octanol–water partition coefficient (Wildman–Crippen LogP) is 0.999. The van der Waals surface area contributed by atoms with Crippen molar-refractivity contribution in [3.8, 4) is 0 Å². The maximum absolute atomic E-state index is 11.9. The average molecular weight is 240 g/mol. The number of ether oxygens (including phenoxy) is 1. The molecule has 0 bridgehead atoms. The molecule has 0 unspecified atom stereocenters. The minimum absolute atomic E-state index is 0.135. The van der Waals surface area contributed by atoms with Crippen LogP contribution in [0.5, 0.6) is 0 Å². The Hall–Kier alpha value is -0.610. The lowest BCUT2D eigenvalue weighted by Gasteiger charge is -2.34. The van der Waals surface area contributed by atoms with Gasteiger partial charge in [-0.3, -0.25) is 4.79 Å². The SMILES string of the molecule is C[C@H](N)[C@H]1CCCN(C(=O)COCC2CC2)C1.